The van der Waals surface area contributed by atoms with Crippen LogP contribution in [0.15, 0.2) is 29.1 Å². The topological polar surface area (TPSA) is 102 Å². The molecule has 4 rings (SSSR count). The molecule has 150 valence electrons. The van der Waals surface area contributed by atoms with Gasteiger partial charge in [-0.15, -0.1) is 0 Å². The van der Waals surface area contributed by atoms with Crippen LogP contribution in [-0.2, 0) is 4.79 Å². The smallest absolute Gasteiger partial charge is 0.258 e. The van der Waals surface area contributed by atoms with Crippen molar-refractivity contribution in [2.75, 3.05) is 10.2 Å². The number of rotatable bonds is 2. The minimum absolute atomic E-state index is 0.204. The quantitative estimate of drug-likeness (QED) is 0.788. The van der Waals surface area contributed by atoms with Gasteiger partial charge in [0.05, 0.1) is 11.6 Å². The number of carbonyl (C=O) groups is 1. The van der Waals surface area contributed by atoms with Crippen LogP contribution in [0.25, 0.3) is 0 Å². The van der Waals surface area contributed by atoms with E-state index < -0.39 is 17.7 Å². The first-order valence-corrected chi connectivity index (χ1v) is 10.2. The Bertz CT molecular complexity index is 1050. The molecule has 2 aliphatic heterocycles. The Morgan fingerprint density at radius 2 is 1.90 bits per heavy atom. The van der Waals surface area contributed by atoms with E-state index in [4.69, 9.17) is 11.6 Å². The summed E-state index contributed by atoms with van der Waals surface area (Å²) < 4.78 is 0. The highest BCUT2D eigenvalue weighted by atomic mass is 35.5. The van der Waals surface area contributed by atoms with Crippen LogP contribution in [0, 0.1) is 17.2 Å². The first-order chi connectivity index (χ1) is 13.9. The van der Waals surface area contributed by atoms with Crippen LogP contribution < -0.4 is 15.8 Å². The maximum atomic E-state index is 13.2. The molecule has 29 heavy (non-hydrogen) atoms. The van der Waals surface area contributed by atoms with Crippen molar-refractivity contribution in [3.63, 3.8) is 0 Å². The normalized spacial score (nSPS) is 26.4. The van der Waals surface area contributed by atoms with E-state index in [-0.39, 0.29) is 29.0 Å². The van der Waals surface area contributed by atoms with Crippen LogP contribution in [-0.4, -0.2) is 28.0 Å². The highest BCUT2D eigenvalue weighted by molar-refractivity contribution is 6.31. The van der Waals surface area contributed by atoms with Crippen molar-refractivity contribution in [1.29, 1.82) is 5.26 Å². The lowest BCUT2D eigenvalue weighted by molar-refractivity contribution is -0.119. The zero-order chi connectivity index (χ0) is 20.7. The minimum atomic E-state index is -1.07. The highest BCUT2D eigenvalue weighted by Crippen LogP contribution is 2.41. The molecular weight excluding hydrogens is 390 g/mol. The number of benzene rings is 1. The first kappa shape index (κ1) is 19.5. The standard InChI is InChI=1S/C21H22ClN5O2/c1-11-6-5-7-12(2)27(11)21-25-18-17(20(29)26-21)16(14(10-23)19(28)24-18)13-8-3-4-9-15(13)22/h3-4,8-9,11-12,14,16H,5-7H2,1-2H3,(H2,24,25,26,28,29). The zero-order valence-corrected chi connectivity index (χ0v) is 17.0. The van der Waals surface area contributed by atoms with Gasteiger partial charge in [0.15, 0.2) is 0 Å². The Labute approximate surface area is 173 Å². The summed E-state index contributed by atoms with van der Waals surface area (Å²) in [4.78, 5) is 35.5. The molecule has 0 aliphatic carbocycles. The summed E-state index contributed by atoms with van der Waals surface area (Å²) in [5.74, 6) is -1.67. The van der Waals surface area contributed by atoms with Crippen LogP contribution in [0.5, 0.6) is 0 Å². The third kappa shape index (κ3) is 3.28. The second-order valence-electron chi connectivity index (χ2n) is 7.78. The van der Waals surface area contributed by atoms with Gasteiger partial charge < -0.3 is 10.2 Å². The fourth-order valence-electron chi connectivity index (χ4n) is 4.52. The van der Waals surface area contributed by atoms with Crippen molar-refractivity contribution in [3.8, 4) is 6.07 Å². The number of nitriles is 1. The lowest BCUT2D eigenvalue weighted by Gasteiger charge is -2.40. The van der Waals surface area contributed by atoms with Gasteiger partial charge in [-0.25, -0.2) is 0 Å². The van der Waals surface area contributed by atoms with Gasteiger partial charge in [-0.3, -0.25) is 14.6 Å². The van der Waals surface area contributed by atoms with Gasteiger partial charge in [0, 0.05) is 23.0 Å². The number of amides is 1. The number of H-pyrrole nitrogens is 1. The van der Waals surface area contributed by atoms with Crippen LogP contribution in [0.4, 0.5) is 11.8 Å². The Hall–Kier alpha value is -2.85. The van der Waals surface area contributed by atoms with Crippen LogP contribution in [0.1, 0.15) is 50.2 Å². The summed E-state index contributed by atoms with van der Waals surface area (Å²) in [7, 11) is 0. The number of hydrogen-bond acceptors (Lipinski definition) is 5. The lowest BCUT2D eigenvalue weighted by atomic mass is 9.79. The number of aromatic nitrogens is 2. The molecule has 8 heteroatoms. The number of carbonyl (C=O) groups excluding carboxylic acids is 1. The van der Waals surface area contributed by atoms with Gasteiger partial charge in [0.2, 0.25) is 11.9 Å². The zero-order valence-electron chi connectivity index (χ0n) is 16.3. The minimum Gasteiger partial charge on any atom is -0.337 e. The van der Waals surface area contributed by atoms with E-state index in [2.05, 4.69) is 34.0 Å². The fourth-order valence-corrected chi connectivity index (χ4v) is 4.78. The average molecular weight is 412 g/mol. The van der Waals surface area contributed by atoms with E-state index in [0.29, 0.717) is 16.5 Å². The molecule has 3 heterocycles. The van der Waals surface area contributed by atoms with Crippen molar-refractivity contribution >= 4 is 29.3 Å². The SMILES string of the molecule is CC1CCCC(C)N1c1nc2c(c(=O)[nH]1)C(c1ccccc1Cl)C(C#N)C(=O)N2. The molecule has 4 atom stereocenters. The number of anilines is 2. The molecule has 1 aromatic carbocycles. The molecule has 1 aromatic heterocycles. The molecule has 1 amide bonds. The predicted molar refractivity (Wildman–Crippen MR) is 111 cm³/mol. The third-order valence-electron chi connectivity index (χ3n) is 5.93. The summed E-state index contributed by atoms with van der Waals surface area (Å²) >= 11 is 6.36. The van der Waals surface area contributed by atoms with Crippen LogP contribution in [0.3, 0.4) is 0 Å². The summed E-state index contributed by atoms with van der Waals surface area (Å²) in [6.45, 7) is 4.21. The number of fused-ring (bicyclic) bond motifs is 1. The number of nitrogens with zero attached hydrogens (tertiary/aromatic N) is 3. The fraction of sp³-hybridized carbons (Fsp3) is 0.429. The van der Waals surface area contributed by atoms with Gasteiger partial charge >= 0.3 is 0 Å². The van der Waals surface area contributed by atoms with Crippen molar-refractivity contribution in [2.45, 2.75) is 51.1 Å². The molecule has 4 unspecified atom stereocenters. The first-order valence-electron chi connectivity index (χ1n) is 9.79. The van der Waals surface area contributed by atoms with E-state index in [0.717, 1.165) is 19.3 Å². The molecule has 0 bridgehead atoms. The van der Waals surface area contributed by atoms with Gasteiger partial charge in [-0.1, -0.05) is 29.8 Å². The highest BCUT2D eigenvalue weighted by Gasteiger charge is 2.41. The van der Waals surface area contributed by atoms with Crippen molar-refractivity contribution in [2.24, 2.45) is 5.92 Å². The molecule has 1 fully saturated rings. The summed E-state index contributed by atoms with van der Waals surface area (Å²) in [6, 6.07) is 9.44. The molecule has 1 saturated heterocycles. The van der Waals surface area contributed by atoms with E-state index >= 15 is 0 Å². The number of hydrogen-bond donors (Lipinski definition) is 2. The van der Waals surface area contributed by atoms with Gasteiger partial charge in [-0.2, -0.15) is 10.2 Å². The second kappa shape index (κ2) is 7.53. The van der Waals surface area contributed by atoms with E-state index in [1.807, 2.05) is 6.07 Å². The molecule has 2 aromatic rings. The maximum absolute atomic E-state index is 13.2. The molecule has 7 nitrogen and oxygen atoms in total. The Balaban J connectivity index is 1.88. The van der Waals surface area contributed by atoms with Crippen LogP contribution >= 0.6 is 11.6 Å². The van der Waals surface area contributed by atoms with E-state index in [1.165, 1.54) is 0 Å². The Morgan fingerprint density at radius 1 is 1.21 bits per heavy atom. The lowest BCUT2D eigenvalue weighted by Crippen LogP contribution is -2.46. The van der Waals surface area contributed by atoms with Crippen molar-refractivity contribution < 1.29 is 4.79 Å². The number of aromatic amines is 1. The second-order valence-corrected chi connectivity index (χ2v) is 8.19. The van der Waals surface area contributed by atoms with Crippen LogP contribution in [0.2, 0.25) is 5.02 Å². The molecule has 0 radical (unpaired) electrons. The summed E-state index contributed by atoms with van der Waals surface area (Å²) in [6.07, 6.45) is 3.15. The molecule has 2 aliphatic rings. The third-order valence-corrected chi connectivity index (χ3v) is 6.27. The number of nitrogens with one attached hydrogen (secondary N) is 2. The van der Waals surface area contributed by atoms with Crippen molar-refractivity contribution in [3.05, 3.63) is 50.8 Å². The Kier molecular flexibility index (Phi) is 5.05. The Morgan fingerprint density at radius 3 is 2.55 bits per heavy atom. The van der Waals surface area contributed by atoms with E-state index in [1.54, 1.807) is 24.3 Å². The van der Waals surface area contributed by atoms with Gasteiger partial charge in [0.25, 0.3) is 5.56 Å². The van der Waals surface area contributed by atoms with Crippen molar-refractivity contribution in [1.82, 2.24) is 9.97 Å². The predicted octanol–water partition coefficient (Wildman–Crippen LogP) is 3.41. The summed E-state index contributed by atoms with van der Waals surface area (Å²) in [5, 5.41) is 12.7. The molecular formula is C21H22ClN5O2. The average Bonchev–Trinajstić information content (AvgIpc) is 2.67. The summed E-state index contributed by atoms with van der Waals surface area (Å²) in [5.41, 5.74) is 0.474. The number of piperidine rings is 1. The number of halogens is 1. The van der Waals surface area contributed by atoms with Gasteiger partial charge in [-0.05, 0) is 44.7 Å². The van der Waals surface area contributed by atoms with Gasteiger partial charge in [0.1, 0.15) is 11.7 Å². The monoisotopic (exact) mass is 411 g/mol. The largest absolute Gasteiger partial charge is 0.337 e. The molecule has 0 spiro atoms. The molecule has 2 N–H and O–H groups in total. The van der Waals surface area contributed by atoms with E-state index in [9.17, 15) is 14.9 Å². The molecule has 0 saturated carbocycles. The maximum Gasteiger partial charge on any atom is 0.258 e.